The number of aliphatic imine (C=N–C) groups is 1. The molecular weight excluding hydrogens is 487 g/mol. The number of guanidine groups is 1. The summed E-state index contributed by atoms with van der Waals surface area (Å²) in [7, 11) is 0. The predicted octanol–water partition coefficient (Wildman–Crippen LogP) is 4.08. The van der Waals surface area contributed by atoms with Crippen LogP contribution in [-0.2, 0) is 19.6 Å². The molecule has 154 valence electrons. The maximum Gasteiger partial charge on any atom is 0.191 e. The first-order chi connectivity index (χ1) is 13.6. The Balaban J connectivity index is 0.00000300. The third-order valence-corrected chi connectivity index (χ3v) is 4.17. The van der Waals surface area contributed by atoms with E-state index in [2.05, 4.69) is 32.7 Å². The summed E-state index contributed by atoms with van der Waals surface area (Å²) < 4.78 is 29.1. The van der Waals surface area contributed by atoms with Gasteiger partial charge in [-0.05, 0) is 36.2 Å². The topological polar surface area (TPSA) is 54.2 Å². The molecule has 0 saturated heterocycles. The Labute approximate surface area is 186 Å². The average Bonchev–Trinajstić information content (AvgIpc) is 3.20. The van der Waals surface area contributed by atoms with Crippen LogP contribution in [0.25, 0.3) is 0 Å². The highest BCUT2D eigenvalue weighted by Crippen LogP contribution is 2.10. The van der Waals surface area contributed by atoms with Gasteiger partial charge in [-0.1, -0.05) is 24.3 Å². The van der Waals surface area contributed by atoms with Crippen molar-refractivity contribution in [3.8, 4) is 0 Å². The Morgan fingerprint density at radius 3 is 2.52 bits per heavy atom. The molecule has 1 aromatic heterocycles. The van der Waals surface area contributed by atoms with E-state index in [9.17, 15) is 8.78 Å². The summed E-state index contributed by atoms with van der Waals surface area (Å²) in [6.45, 7) is 4.02. The number of benzene rings is 2. The highest BCUT2D eigenvalue weighted by atomic mass is 127. The smallest absolute Gasteiger partial charge is 0.191 e. The van der Waals surface area contributed by atoms with Gasteiger partial charge in [-0.15, -0.1) is 24.0 Å². The SMILES string of the molecule is CCNC(=NCc1ccc(Cn2ccnc2)cc1)NCc1cc(F)ccc1F.I. The van der Waals surface area contributed by atoms with Gasteiger partial charge >= 0.3 is 0 Å². The highest BCUT2D eigenvalue weighted by molar-refractivity contribution is 14.0. The number of halogens is 3. The minimum Gasteiger partial charge on any atom is -0.357 e. The molecule has 29 heavy (non-hydrogen) atoms. The van der Waals surface area contributed by atoms with Gasteiger partial charge in [-0.25, -0.2) is 18.8 Å². The van der Waals surface area contributed by atoms with E-state index >= 15 is 0 Å². The second-order valence-corrected chi connectivity index (χ2v) is 6.34. The summed E-state index contributed by atoms with van der Waals surface area (Å²) in [5, 5.41) is 6.15. The highest BCUT2D eigenvalue weighted by Gasteiger charge is 2.05. The van der Waals surface area contributed by atoms with Crippen molar-refractivity contribution in [3.05, 3.63) is 89.5 Å². The lowest BCUT2D eigenvalue weighted by molar-refractivity contribution is 0.581. The molecular formula is C21H24F2IN5. The van der Waals surface area contributed by atoms with Crippen molar-refractivity contribution in [1.29, 1.82) is 0 Å². The molecule has 3 aromatic rings. The number of imidazole rings is 1. The third-order valence-electron chi connectivity index (χ3n) is 4.17. The van der Waals surface area contributed by atoms with E-state index in [1.807, 2.05) is 29.8 Å². The van der Waals surface area contributed by atoms with Gasteiger partial charge in [0.15, 0.2) is 5.96 Å². The van der Waals surface area contributed by atoms with Crippen molar-refractivity contribution < 1.29 is 8.78 Å². The van der Waals surface area contributed by atoms with E-state index in [-0.39, 0.29) is 36.1 Å². The largest absolute Gasteiger partial charge is 0.357 e. The van der Waals surface area contributed by atoms with Crippen LogP contribution < -0.4 is 10.6 Å². The molecule has 0 fully saturated rings. The molecule has 0 unspecified atom stereocenters. The fourth-order valence-corrected chi connectivity index (χ4v) is 2.71. The van der Waals surface area contributed by atoms with Crippen LogP contribution in [0.3, 0.4) is 0 Å². The van der Waals surface area contributed by atoms with E-state index < -0.39 is 11.6 Å². The van der Waals surface area contributed by atoms with Crippen LogP contribution in [0.4, 0.5) is 8.78 Å². The lowest BCUT2D eigenvalue weighted by Gasteiger charge is -2.12. The van der Waals surface area contributed by atoms with Gasteiger partial charge in [0.1, 0.15) is 11.6 Å². The van der Waals surface area contributed by atoms with Crippen molar-refractivity contribution in [2.45, 2.75) is 26.6 Å². The first kappa shape index (κ1) is 22.8. The summed E-state index contributed by atoms with van der Waals surface area (Å²) >= 11 is 0. The summed E-state index contributed by atoms with van der Waals surface area (Å²) in [5.74, 6) is -0.359. The minimum absolute atomic E-state index is 0. The normalized spacial score (nSPS) is 11.1. The lowest BCUT2D eigenvalue weighted by Crippen LogP contribution is -2.37. The molecule has 0 amide bonds. The molecule has 2 N–H and O–H groups in total. The maximum absolute atomic E-state index is 13.8. The summed E-state index contributed by atoms with van der Waals surface area (Å²) in [4.78, 5) is 8.56. The first-order valence-corrected chi connectivity index (χ1v) is 9.13. The summed E-state index contributed by atoms with van der Waals surface area (Å²) in [6, 6.07) is 11.6. The van der Waals surface area contributed by atoms with Gasteiger partial charge in [0.2, 0.25) is 0 Å². The van der Waals surface area contributed by atoms with Gasteiger partial charge < -0.3 is 15.2 Å². The molecule has 0 aliphatic carbocycles. The van der Waals surface area contributed by atoms with Gasteiger partial charge in [-0.3, -0.25) is 0 Å². The standard InChI is InChI=1S/C21H23F2N5.HI/c1-2-25-21(27-13-18-11-19(22)7-8-20(18)23)26-12-16-3-5-17(6-4-16)14-28-10-9-24-15-28;/h3-11,15H,2,12-14H2,1H3,(H2,25,26,27);1H. The van der Waals surface area contributed by atoms with E-state index in [0.717, 1.165) is 24.2 Å². The van der Waals surface area contributed by atoms with Crippen molar-refractivity contribution >= 4 is 29.9 Å². The van der Waals surface area contributed by atoms with Gasteiger partial charge in [-0.2, -0.15) is 0 Å². The summed E-state index contributed by atoms with van der Waals surface area (Å²) in [5.41, 5.74) is 2.50. The second-order valence-electron chi connectivity index (χ2n) is 6.34. The molecule has 1 heterocycles. The lowest BCUT2D eigenvalue weighted by atomic mass is 10.1. The van der Waals surface area contributed by atoms with E-state index in [1.54, 1.807) is 12.5 Å². The second kappa shape index (κ2) is 11.5. The van der Waals surface area contributed by atoms with Crippen molar-refractivity contribution in [2.75, 3.05) is 6.54 Å². The molecule has 0 saturated carbocycles. The number of hydrogen-bond donors (Lipinski definition) is 2. The maximum atomic E-state index is 13.8. The molecule has 0 bridgehead atoms. The zero-order valence-corrected chi connectivity index (χ0v) is 18.4. The molecule has 8 heteroatoms. The zero-order valence-electron chi connectivity index (χ0n) is 16.1. The van der Waals surface area contributed by atoms with Crippen LogP contribution in [0, 0.1) is 11.6 Å². The van der Waals surface area contributed by atoms with Crippen molar-refractivity contribution in [3.63, 3.8) is 0 Å². The monoisotopic (exact) mass is 511 g/mol. The molecule has 3 rings (SSSR count). The van der Waals surface area contributed by atoms with Gasteiger partial charge in [0.25, 0.3) is 0 Å². The number of rotatable bonds is 7. The number of hydrogen-bond acceptors (Lipinski definition) is 2. The Kier molecular flexibility index (Phi) is 9.04. The average molecular weight is 511 g/mol. The van der Waals surface area contributed by atoms with Crippen LogP contribution in [0.2, 0.25) is 0 Å². The fourth-order valence-electron chi connectivity index (χ4n) is 2.71. The zero-order chi connectivity index (χ0) is 19.8. The van der Waals surface area contributed by atoms with Crippen LogP contribution >= 0.6 is 24.0 Å². The Morgan fingerprint density at radius 1 is 1.07 bits per heavy atom. The molecule has 2 aromatic carbocycles. The molecule has 0 radical (unpaired) electrons. The van der Waals surface area contributed by atoms with E-state index in [0.29, 0.717) is 19.0 Å². The van der Waals surface area contributed by atoms with Crippen LogP contribution in [0.15, 0.2) is 66.2 Å². The van der Waals surface area contributed by atoms with Gasteiger partial charge in [0, 0.05) is 37.6 Å². The molecule has 0 aliphatic heterocycles. The number of nitrogens with zero attached hydrogens (tertiary/aromatic N) is 3. The Bertz CT molecular complexity index is 911. The quantitative estimate of drug-likeness (QED) is 0.286. The first-order valence-electron chi connectivity index (χ1n) is 9.13. The molecule has 5 nitrogen and oxygen atoms in total. The van der Waals surface area contributed by atoms with Crippen molar-refractivity contribution in [2.24, 2.45) is 4.99 Å². The fraction of sp³-hybridized carbons (Fsp3) is 0.238. The predicted molar refractivity (Wildman–Crippen MR) is 121 cm³/mol. The third kappa shape index (κ3) is 7.12. The van der Waals surface area contributed by atoms with E-state index in [1.165, 1.54) is 11.6 Å². The van der Waals surface area contributed by atoms with Crippen molar-refractivity contribution in [1.82, 2.24) is 20.2 Å². The molecule has 0 spiro atoms. The summed E-state index contributed by atoms with van der Waals surface area (Å²) in [6.07, 6.45) is 5.47. The van der Waals surface area contributed by atoms with E-state index in [4.69, 9.17) is 0 Å². The minimum atomic E-state index is -0.462. The molecule has 0 aliphatic rings. The van der Waals surface area contributed by atoms with Crippen LogP contribution in [0.1, 0.15) is 23.6 Å². The van der Waals surface area contributed by atoms with Crippen LogP contribution in [-0.4, -0.2) is 22.1 Å². The molecule has 0 atom stereocenters. The number of aromatic nitrogens is 2. The number of nitrogens with one attached hydrogen (secondary N) is 2. The Morgan fingerprint density at radius 2 is 1.83 bits per heavy atom. The van der Waals surface area contributed by atoms with Crippen LogP contribution in [0.5, 0.6) is 0 Å². The van der Waals surface area contributed by atoms with Gasteiger partial charge in [0.05, 0.1) is 12.9 Å². The Hall–Kier alpha value is -2.49.